The highest BCUT2D eigenvalue weighted by molar-refractivity contribution is 8.00. The fraction of sp³-hybridized carbons (Fsp3) is 0.333. The smallest absolute Gasteiger partial charge is 0.318 e. The fourth-order valence-corrected chi connectivity index (χ4v) is 4.39. The first kappa shape index (κ1) is 25.3. The summed E-state index contributed by atoms with van der Waals surface area (Å²) < 4.78 is 13.3. The van der Waals surface area contributed by atoms with Crippen LogP contribution < -0.4 is 15.8 Å². The van der Waals surface area contributed by atoms with Gasteiger partial charge in [0, 0.05) is 19.2 Å². The van der Waals surface area contributed by atoms with Crippen LogP contribution in [-0.2, 0) is 22.7 Å². The standard InChI is InChI=1S/C24H29N5O4S/c1-16(2)21(22(30)26-23(25)31)34-24-28-27-20(29(24)13-14-32-3)15-33-19-12-8-7-11-18(19)17-9-5-4-6-10-17/h4-12,16,21H,13-15H2,1-3H3,(H3,25,26,30,31)/t21-/m0/s1. The molecule has 0 saturated heterocycles. The van der Waals surface area contributed by atoms with Gasteiger partial charge in [0.25, 0.3) is 0 Å². The zero-order chi connectivity index (χ0) is 24.5. The van der Waals surface area contributed by atoms with Crippen LogP contribution in [0.4, 0.5) is 4.79 Å². The molecule has 0 aliphatic rings. The van der Waals surface area contributed by atoms with E-state index in [9.17, 15) is 9.59 Å². The number of methoxy groups -OCH3 is 1. The quantitative estimate of drug-likeness (QED) is 0.401. The number of nitrogens with two attached hydrogens (primary N) is 1. The van der Waals surface area contributed by atoms with Gasteiger partial charge in [0.1, 0.15) is 12.4 Å². The number of benzene rings is 2. The lowest BCUT2D eigenvalue weighted by molar-refractivity contribution is -0.120. The molecule has 3 amide bonds. The molecule has 1 aromatic heterocycles. The summed E-state index contributed by atoms with van der Waals surface area (Å²) in [4.78, 5) is 23.6. The molecule has 180 valence electrons. The van der Waals surface area contributed by atoms with Gasteiger partial charge in [0.05, 0.1) is 11.9 Å². The van der Waals surface area contributed by atoms with E-state index in [1.165, 1.54) is 11.8 Å². The second-order valence-electron chi connectivity index (χ2n) is 7.83. The van der Waals surface area contributed by atoms with E-state index in [2.05, 4.69) is 15.5 Å². The van der Waals surface area contributed by atoms with Crippen molar-refractivity contribution < 1.29 is 19.1 Å². The highest BCUT2D eigenvalue weighted by Crippen LogP contribution is 2.31. The van der Waals surface area contributed by atoms with Crippen molar-refractivity contribution in [3.8, 4) is 16.9 Å². The third kappa shape index (κ3) is 6.58. The summed E-state index contributed by atoms with van der Waals surface area (Å²) in [6.07, 6.45) is 0. The highest BCUT2D eigenvalue weighted by Gasteiger charge is 2.27. The van der Waals surface area contributed by atoms with Gasteiger partial charge in [-0.1, -0.05) is 74.1 Å². The topological polar surface area (TPSA) is 121 Å². The molecule has 34 heavy (non-hydrogen) atoms. The van der Waals surface area contributed by atoms with Crippen LogP contribution >= 0.6 is 11.8 Å². The molecule has 0 aliphatic carbocycles. The minimum Gasteiger partial charge on any atom is -0.485 e. The lowest BCUT2D eigenvalue weighted by atomic mass is 10.1. The molecule has 0 saturated carbocycles. The van der Waals surface area contributed by atoms with Gasteiger partial charge in [-0.25, -0.2) is 4.79 Å². The number of imide groups is 1. The Labute approximate surface area is 203 Å². The number of hydrogen-bond acceptors (Lipinski definition) is 7. The Bertz CT molecular complexity index is 1100. The van der Waals surface area contributed by atoms with Crippen molar-refractivity contribution in [2.75, 3.05) is 13.7 Å². The minimum atomic E-state index is -0.886. The number of rotatable bonds is 11. The minimum absolute atomic E-state index is 0.0747. The van der Waals surface area contributed by atoms with Gasteiger partial charge in [0.2, 0.25) is 5.91 Å². The van der Waals surface area contributed by atoms with Crippen LogP contribution in [0, 0.1) is 5.92 Å². The van der Waals surface area contributed by atoms with Crippen molar-refractivity contribution in [1.29, 1.82) is 0 Å². The molecule has 1 atom stereocenters. The molecular formula is C24H29N5O4S. The van der Waals surface area contributed by atoms with E-state index in [1.54, 1.807) is 7.11 Å². The van der Waals surface area contributed by atoms with Gasteiger partial charge in [-0.15, -0.1) is 10.2 Å². The summed E-state index contributed by atoms with van der Waals surface area (Å²) in [6, 6.07) is 16.9. The van der Waals surface area contributed by atoms with Gasteiger partial charge in [-0.3, -0.25) is 10.1 Å². The number of ether oxygens (including phenoxy) is 2. The van der Waals surface area contributed by atoms with Crippen LogP contribution in [0.2, 0.25) is 0 Å². The molecule has 0 fully saturated rings. The molecule has 2 aromatic carbocycles. The number of primary amides is 1. The lowest BCUT2D eigenvalue weighted by Gasteiger charge is -2.19. The van der Waals surface area contributed by atoms with Gasteiger partial charge < -0.3 is 19.8 Å². The van der Waals surface area contributed by atoms with Crippen LogP contribution in [0.25, 0.3) is 11.1 Å². The predicted molar refractivity (Wildman–Crippen MR) is 130 cm³/mol. The molecule has 0 radical (unpaired) electrons. The third-order valence-corrected chi connectivity index (χ3v) is 6.51. The van der Waals surface area contributed by atoms with Gasteiger partial charge >= 0.3 is 6.03 Å². The van der Waals surface area contributed by atoms with E-state index < -0.39 is 17.2 Å². The number of carbonyl (C=O) groups excluding carboxylic acids is 2. The van der Waals surface area contributed by atoms with E-state index in [4.69, 9.17) is 15.2 Å². The number of nitrogens with zero attached hydrogens (tertiary/aromatic N) is 3. The number of aromatic nitrogens is 3. The first-order chi connectivity index (χ1) is 16.4. The van der Waals surface area contributed by atoms with Crippen LogP contribution in [0.1, 0.15) is 19.7 Å². The predicted octanol–water partition coefficient (Wildman–Crippen LogP) is 3.48. The Morgan fingerprint density at radius 1 is 1.09 bits per heavy atom. The SMILES string of the molecule is COCCn1c(COc2ccccc2-c2ccccc2)nnc1S[C@H](C(=O)NC(N)=O)C(C)C. The molecule has 3 aromatic rings. The van der Waals surface area contributed by atoms with Crippen molar-refractivity contribution in [2.24, 2.45) is 11.7 Å². The Hall–Kier alpha value is -3.37. The van der Waals surface area contributed by atoms with Gasteiger partial charge in [-0.2, -0.15) is 0 Å². The van der Waals surface area contributed by atoms with E-state index in [1.807, 2.05) is 73.0 Å². The van der Waals surface area contributed by atoms with E-state index in [0.29, 0.717) is 24.1 Å². The van der Waals surface area contributed by atoms with Crippen molar-refractivity contribution in [3.63, 3.8) is 0 Å². The van der Waals surface area contributed by atoms with Crippen LogP contribution in [-0.4, -0.2) is 45.7 Å². The fourth-order valence-electron chi connectivity index (χ4n) is 3.31. The van der Waals surface area contributed by atoms with Crippen LogP contribution in [0.15, 0.2) is 59.8 Å². The molecule has 0 spiro atoms. The molecule has 3 rings (SSSR count). The average molecular weight is 484 g/mol. The molecule has 3 N–H and O–H groups in total. The molecular weight excluding hydrogens is 454 g/mol. The summed E-state index contributed by atoms with van der Waals surface area (Å²) in [5.74, 6) is 0.781. The molecule has 0 aliphatic heterocycles. The lowest BCUT2D eigenvalue weighted by Crippen LogP contribution is -2.42. The largest absolute Gasteiger partial charge is 0.485 e. The summed E-state index contributed by atoms with van der Waals surface area (Å²) in [5.41, 5.74) is 7.15. The van der Waals surface area contributed by atoms with Gasteiger partial charge in [-0.05, 0) is 17.5 Å². The van der Waals surface area contributed by atoms with E-state index in [-0.39, 0.29) is 12.5 Å². The number of hydrogen-bond donors (Lipinski definition) is 2. The first-order valence-corrected chi connectivity index (χ1v) is 11.7. The maximum atomic E-state index is 12.5. The Balaban J connectivity index is 1.82. The van der Waals surface area contributed by atoms with Crippen LogP contribution in [0.5, 0.6) is 5.75 Å². The summed E-state index contributed by atoms with van der Waals surface area (Å²) in [6.45, 7) is 4.87. The molecule has 0 unspecified atom stereocenters. The van der Waals surface area contributed by atoms with Gasteiger partial charge in [0.15, 0.2) is 11.0 Å². The van der Waals surface area contributed by atoms with Crippen molar-refractivity contribution in [3.05, 3.63) is 60.4 Å². The zero-order valence-electron chi connectivity index (χ0n) is 19.4. The second kappa shape index (κ2) is 12.2. The van der Waals surface area contributed by atoms with Crippen LogP contribution in [0.3, 0.4) is 0 Å². The summed E-state index contributed by atoms with van der Waals surface area (Å²) in [5, 5.41) is 10.7. The summed E-state index contributed by atoms with van der Waals surface area (Å²) in [7, 11) is 1.61. The van der Waals surface area contributed by atoms with Crippen molar-refractivity contribution in [2.45, 2.75) is 37.4 Å². The Morgan fingerprint density at radius 2 is 1.79 bits per heavy atom. The Kier molecular flexibility index (Phi) is 9.06. The number of carbonyl (C=O) groups is 2. The number of nitrogens with one attached hydrogen (secondary N) is 1. The monoisotopic (exact) mass is 483 g/mol. The molecule has 0 bridgehead atoms. The Morgan fingerprint density at radius 3 is 2.47 bits per heavy atom. The normalized spacial score (nSPS) is 11.9. The number of urea groups is 1. The maximum Gasteiger partial charge on any atom is 0.318 e. The maximum absolute atomic E-state index is 12.5. The third-order valence-electron chi connectivity index (χ3n) is 4.98. The molecule has 10 heteroatoms. The number of para-hydroxylation sites is 1. The van der Waals surface area contributed by atoms with E-state index in [0.717, 1.165) is 16.9 Å². The zero-order valence-corrected chi connectivity index (χ0v) is 20.2. The van der Waals surface area contributed by atoms with E-state index >= 15 is 0 Å². The highest BCUT2D eigenvalue weighted by atomic mass is 32.2. The van der Waals surface area contributed by atoms with Crippen molar-refractivity contribution in [1.82, 2.24) is 20.1 Å². The summed E-state index contributed by atoms with van der Waals surface area (Å²) >= 11 is 1.22. The molecule has 1 heterocycles. The molecule has 9 nitrogen and oxygen atoms in total. The number of thioether (sulfide) groups is 1. The average Bonchev–Trinajstić information content (AvgIpc) is 3.21. The number of amides is 3. The van der Waals surface area contributed by atoms with Crippen molar-refractivity contribution >= 4 is 23.7 Å². The second-order valence-corrected chi connectivity index (χ2v) is 8.94. The first-order valence-electron chi connectivity index (χ1n) is 10.9.